The standard InChI is InChI=1S/C75H94N2/c1-48(2)51-35-52(69(3,4)5)41-59(36-51)76(60-42-53(70(6,7)8)38-54(43-60)71(9,10)11)68-64-32-28-27-31-63(64)67(65-34-33-50(37-66(65)68)49-29-25-24-26-30-49)77(61-44-55(72(12,13)14)39-56(45-61)73(15,16)17)62-46-57(74(18,19)20)40-58(47-62)75(21,22)23/h24-48H,1-23H3. The predicted molar refractivity (Wildman–Crippen MR) is 341 cm³/mol. The van der Waals surface area contributed by atoms with Gasteiger partial charge in [-0.15, -0.1) is 0 Å². The van der Waals surface area contributed by atoms with Crippen molar-refractivity contribution < 1.29 is 0 Å². The minimum atomic E-state index is -0.103. The van der Waals surface area contributed by atoms with Crippen molar-refractivity contribution >= 4 is 55.7 Å². The van der Waals surface area contributed by atoms with Crippen molar-refractivity contribution in [1.82, 2.24) is 0 Å². The molecular formula is C75H94N2. The van der Waals surface area contributed by atoms with Gasteiger partial charge in [0, 0.05) is 44.3 Å². The fraction of sp³-hybridized carbons (Fsp3) is 0.413. The van der Waals surface area contributed by atoms with Crippen LogP contribution in [-0.4, -0.2) is 0 Å². The van der Waals surface area contributed by atoms with Gasteiger partial charge in [0.25, 0.3) is 0 Å². The molecule has 0 spiro atoms. The zero-order valence-electron chi connectivity index (χ0n) is 51.8. The molecule has 0 unspecified atom stereocenters. The predicted octanol–water partition coefficient (Wildman–Crippen LogP) is 22.8. The fourth-order valence-electron chi connectivity index (χ4n) is 10.6. The Morgan fingerprint density at radius 2 is 0.545 bits per heavy atom. The van der Waals surface area contributed by atoms with Gasteiger partial charge >= 0.3 is 0 Å². The first-order chi connectivity index (χ1) is 35.4. The van der Waals surface area contributed by atoms with Crippen LogP contribution in [0.4, 0.5) is 34.1 Å². The number of fused-ring (bicyclic) bond motifs is 2. The van der Waals surface area contributed by atoms with Crippen LogP contribution in [0.3, 0.4) is 0 Å². The molecule has 0 fully saturated rings. The topological polar surface area (TPSA) is 6.48 Å². The molecule has 0 aliphatic carbocycles. The van der Waals surface area contributed by atoms with Crippen LogP contribution < -0.4 is 9.80 Å². The van der Waals surface area contributed by atoms with Crippen LogP contribution in [0.15, 0.2) is 146 Å². The van der Waals surface area contributed by atoms with E-state index in [-0.39, 0.29) is 37.9 Å². The third-order valence-corrected chi connectivity index (χ3v) is 16.0. The highest BCUT2D eigenvalue weighted by atomic mass is 15.2. The zero-order chi connectivity index (χ0) is 56.7. The van der Waals surface area contributed by atoms with E-state index >= 15 is 0 Å². The normalized spacial score (nSPS) is 13.2. The van der Waals surface area contributed by atoms with Crippen molar-refractivity contribution in [1.29, 1.82) is 0 Å². The Morgan fingerprint density at radius 3 is 0.870 bits per heavy atom. The average Bonchev–Trinajstić information content (AvgIpc) is 3.47. The van der Waals surface area contributed by atoms with Crippen molar-refractivity contribution in [3.8, 4) is 11.1 Å². The van der Waals surface area contributed by atoms with E-state index < -0.39 is 0 Å². The first-order valence-electron chi connectivity index (χ1n) is 28.7. The first kappa shape index (κ1) is 57.1. The lowest BCUT2D eigenvalue weighted by Crippen LogP contribution is -2.22. The highest BCUT2D eigenvalue weighted by Gasteiger charge is 2.33. The van der Waals surface area contributed by atoms with Gasteiger partial charge in [-0.25, -0.2) is 0 Å². The molecule has 0 heterocycles. The molecule has 0 aliphatic rings. The van der Waals surface area contributed by atoms with Crippen LogP contribution in [0, 0.1) is 0 Å². The summed E-state index contributed by atoms with van der Waals surface area (Å²) >= 11 is 0. The molecule has 0 aromatic heterocycles. The summed E-state index contributed by atoms with van der Waals surface area (Å²) in [6.07, 6.45) is 0. The molecule has 0 radical (unpaired) electrons. The van der Waals surface area contributed by atoms with E-state index in [1.165, 1.54) is 111 Å². The average molecular weight is 1020 g/mol. The Hall–Kier alpha value is -6.12. The molecule has 0 N–H and O–H groups in total. The Morgan fingerprint density at radius 1 is 0.260 bits per heavy atom. The third-order valence-electron chi connectivity index (χ3n) is 16.0. The minimum Gasteiger partial charge on any atom is -0.309 e. The molecule has 0 aliphatic heterocycles. The molecule has 2 heteroatoms. The molecule has 0 bridgehead atoms. The Balaban J connectivity index is 1.68. The van der Waals surface area contributed by atoms with Gasteiger partial charge in [0.05, 0.1) is 11.4 Å². The summed E-state index contributed by atoms with van der Waals surface area (Å²) in [5, 5.41) is 4.78. The monoisotopic (exact) mass is 1020 g/mol. The Bertz CT molecular complexity index is 3290. The van der Waals surface area contributed by atoms with Crippen LogP contribution >= 0.6 is 0 Å². The lowest BCUT2D eigenvalue weighted by Gasteiger charge is -2.37. The second-order valence-corrected chi connectivity index (χ2v) is 30.1. The van der Waals surface area contributed by atoms with Gasteiger partial charge in [0.2, 0.25) is 0 Å². The molecule has 2 nitrogen and oxygen atoms in total. The van der Waals surface area contributed by atoms with E-state index in [1.54, 1.807) is 0 Å². The number of benzene rings is 8. The highest BCUT2D eigenvalue weighted by molar-refractivity contribution is 6.24. The second-order valence-electron chi connectivity index (χ2n) is 30.1. The SMILES string of the molecule is CC(C)c1cc(N(c2cc(C(C)(C)C)cc(C(C)(C)C)c2)c2c3ccccc3c(N(c3cc(C(C)(C)C)cc(C(C)(C)C)c3)c3cc(C(C)(C)C)cc(C(C)(C)C)c3)c3ccc(-c4ccccc4)cc23)cc(C(C)(C)C)c1. The lowest BCUT2D eigenvalue weighted by atomic mass is 9.79. The van der Waals surface area contributed by atoms with Crippen LogP contribution in [0.5, 0.6) is 0 Å². The first-order valence-corrected chi connectivity index (χ1v) is 28.7. The van der Waals surface area contributed by atoms with E-state index in [2.05, 4.69) is 315 Å². The quantitative estimate of drug-likeness (QED) is 0.111. The summed E-state index contributed by atoms with van der Waals surface area (Å²) in [6, 6.07) is 57.4. The van der Waals surface area contributed by atoms with Crippen LogP contribution in [0.25, 0.3) is 32.7 Å². The number of hydrogen-bond donors (Lipinski definition) is 0. The number of hydrogen-bond acceptors (Lipinski definition) is 2. The minimum absolute atomic E-state index is 0.0921. The van der Waals surface area contributed by atoms with Gasteiger partial charge in [0.15, 0.2) is 0 Å². The van der Waals surface area contributed by atoms with Crippen molar-refractivity contribution in [2.24, 2.45) is 0 Å². The highest BCUT2D eigenvalue weighted by Crippen LogP contribution is 2.54. The molecule has 8 aromatic carbocycles. The second kappa shape index (κ2) is 20.0. The smallest absolute Gasteiger partial charge is 0.0620 e. The molecule has 404 valence electrons. The Kier molecular flexibility index (Phi) is 14.8. The maximum Gasteiger partial charge on any atom is 0.0620 e. The molecule has 0 atom stereocenters. The van der Waals surface area contributed by atoms with Crippen molar-refractivity contribution in [2.75, 3.05) is 9.80 Å². The van der Waals surface area contributed by atoms with E-state index in [9.17, 15) is 0 Å². The number of anilines is 6. The van der Waals surface area contributed by atoms with Gasteiger partial charge in [-0.3, -0.25) is 0 Å². The van der Waals surface area contributed by atoms with E-state index in [0.29, 0.717) is 5.92 Å². The van der Waals surface area contributed by atoms with Crippen LogP contribution in [0.2, 0.25) is 0 Å². The third kappa shape index (κ3) is 12.0. The summed E-state index contributed by atoms with van der Waals surface area (Å²) in [7, 11) is 0. The molecule has 0 amide bonds. The fourth-order valence-corrected chi connectivity index (χ4v) is 10.6. The molecule has 8 aromatic rings. The zero-order valence-corrected chi connectivity index (χ0v) is 51.8. The van der Waals surface area contributed by atoms with Gasteiger partial charge < -0.3 is 9.80 Å². The van der Waals surface area contributed by atoms with Gasteiger partial charge in [0.1, 0.15) is 0 Å². The van der Waals surface area contributed by atoms with E-state index in [4.69, 9.17) is 0 Å². The number of nitrogens with zero attached hydrogens (tertiary/aromatic N) is 2. The molecule has 77 heavy (non-hydrogen) atoms. The summed E-state index contributed by atoms with van der Waals surface area (Å²) in [5.74, 6) is 0.321. The van der Waals surface area contributed by atoms with Crippen molar-refractivity contribution in [3.63, 3.8) is 0 Å². The Labute approximate surface area is 467 Å². The summed E-state index contributed by atoms with van der Waals surface area (Å²) in [5.41, 5.74) is 19.3. The molecular weight excluding hydrogens is 929 g/mol. The van der Waals surface area contributed by atoms with Crippen molar-refractivity contribution in [3.05, 3.63) is 190 Å². The van der Waals surface area contributed by atoms with Gasteiger partial charge in [-0.1, -0.05) is 250 Å². The summed E-state index contributed by atoms with van der Waals surface area (Å²) in [6.45, 7) is 54.2. The van der Waals surface area contributed by atoms with Gasteiger partial charge in [-0.2, -0.15) is 0 Å². The van der Waals surface area contributed by atoms with Crippen LogP contribution in [0.1, 0.15) is 210 Å². The molecule has 0 saturated heterocycles. The maximum atomic E-state index is 2.66. The lowest BCUT2D eigenvalue weighted by molar-refractivity contribution is 0.567. The van der Waals surface area contributed by atoms with Crippen molar-refractivity contribution in [2.45, 2.75) is 203 Å². The maximum absolute atomic E-state index is 2.66. The summed E-state index contributed by atoms with van der Waals surface area (Å²) in [4.78, 5) is 5.32. The van der Waals surface area contributed by atoms with E-state index in [1.807, 2.05) is 0 Å². The van der Waals surface area contributed by atoms with Crippen LogP contribution in [-0.2, 0) is 37.9 Å². The summed E-state index contributed by atoms with van der Waals surface area (Å²) < 4.78 is 0. The number of rotatable bonds is 8. The van der Waals surface area contributed by atoms with E-state index in [0.717, 1.165) is 0 Å². The largest absolute Gasteiger partial charge is 0.309 e. The molecule has 0 saturated carbocycles. The van der Waals surface area contributed by atoms with Gasteiger partial charge in [-0.05, 0) is 154 Å². The molecule has 8 rings (SSSR count).